The third-order valence-corrected chi connectivity index (χ3v) is 5.78. The van der Waals surface area contributed by atoms with Crippen molar-refractivity contribution in [2.24, 2.45) is 0 Å². The van der Waals surface area contributed by atoms with E-state index in [9.17, 15) is 9.59 Å². The Balaban J connectivity index is 1.31. The highest BCUT2D eigenvalue weighted by atomic mass is 16.5. The lowest BCUT2D eigenvalue weighted by molar-refractivity contribution is -0.132. The van der Waals surface area contributed by atoms with Gasteiger partial charge in [0.25, 0.3) is 0 Å². The number of para-hydroxylation sites is 2. The first-order valence-electron chi connectivity index (χ1n) is 11.1. The number of H-pyrrole nitrogens is 1. The second-order valence-corrected chi connectivity index (χ2v) is 8.11. The molecule has 1 atom stereocenters. The highest BCUT2D eigenvalue weighted by Gasteiger charge is 2.27. The van der Waals surface area contributed by atoms with Crippen LogP contribution in [0.25, 0.3) is 11.0 Å². The molecule has 6 heteroatoms. The van der Waals surface area contributed by atoms with Crippen LogP contribution in [0, 0.1) is 0 Å². The molecule has 3 aromatic rings. The van der Waals surface area contributed by atoms with Crippen molar-refractivity contribution in [2.75, 3.05) is 19.7 Å². The van der Waals surface area contributed by atoms with Gasteiger partial charge in [0.05, 0.1) is 17.6 Å². The second kappa shape index (κ2) is 9.77. The van der Waals surface area contributed by atoms with Gasteiger partial charge in [0, 0.05) is 37.4 Å². The molecule has 31 heavy (non-hydrogen) atoms. The number of benzene rings is 2. The lowest BCUT2D eigenvalue weighted by Crippen LogP contribution is -2.39. The van der Waals surface area contributed by atoms with Crippen LogP contribution in [0.1, 0.15) is 61.1 Å². The molecule has 0 radical (unpaired) electrons. The Hall–Kier alpha value is -3.15. The highest BCUT2D eigenvalue weighted by Crippen LogP contribution is 2.27. The first kappa shape index (κ1) is 21.1. The molecule has 162 valence electrons. The van der Waals surface area contributed by atoms with Crippen LogP contribution in [0.5, 0.6) is 5.75 Å². The Morgan fingerprint density at radius 2 is 1.94 bits per heavy atom. The average molecular weight is 420 g/mol. The minimum absolute atomic E-state index is 0.0127. The molecule has 1 aliphatic rings. The summed E-state index contributed by atoms with van der Waals surface area (Å²) in [4.78, 5) is 35.3. The molecule has 1 aromatic heterocycles. The van der Waals surface area contributed by atoms with Gasteiger partial charge in [0.2, 0.25) is 5.91 Å². The van der Waals surface area contributed by atoms with Crippen LogP contribution >= 0.6 is 0 Å². The molecule has 1 N–H and O–H groups in total. The normalized spacial score (nSPS) is 16.4. The Morgan fingerprint density at radius 1 is 1.13 bits per heavy atom. The van der Waals surface area contributed by atoms with E-state index in [1.54, 1.807) is 12.1 Å². The predicted molar refractivity (Wildman–Crippen MR) is 120 cm³/mol. The molecular formula is C25H29N3O3. The van der Waals surface area contributed by atoms with Gasteiger partial charge in [0.15, 0.2) is 5.78 Å². The maximum atomic E-state index is 12.8. The number of likely N-dealkylation sites (tertiary alicyclic amines) is 1. The Bertz CT molecular complexity index is 1010. The maximum Gasteiger partial charge on any atom is 0.223 e. The van der Waals surface area contributed by atoms with Crippen LogP contribution in [0.3, 0.4) is 0 Å². The Morgan fingerprint density at radius 3 is 2.71 bits per heavy atom. The van der Waals surface area contributed by atoms with Gasteiger partial charge < -0.3 is 14.6 Å². The number of hydrogen-bond donors (Lipinski definition) is 1. The summed E-state index contributed by atoms with van der Waals surface area (Å²) in [5.41, 5.74) is 2.60. The molecule has 1 saturated heterocycles. The molecular weight excluding hydrogens is 390 g/mol. The summed E-state index contributed by atoms with van der Waals surface area (Å²) in [6, 6.07) is 15.2. The van der Waals surface area contributed by atoms with Gasteiger partial charge in [-0.25, -0.2) is 4.98 Å². The molecule has 1 aliphatic heterocycles. The zero-order valence-corrected chi connectivity index (χ0v) is 18.0. The standard InChI is InChI=1S/C25H29N3O3/c1-2-16-31-20-11-9-18(10-12-20)23(29)13-14-24(30)28-15-5-6-19(17-28)25-26-21-7-3-4-8-22(21)27-25/h3-4,7-12,19H,2,5-6,13-17H2,1H3,(H,26,27). The van der Waals surface area contributed by atoms with E-state index in [4.69, 9.17) is 9.72 Å². The van der Waals surface area contributed by atoms with Crippen molar-refractivity contribution in [1.29, 1.82) is 0 Å². The number of carbonyl (C=O) groups is 2. The molecule has 4 rings (SSSR count). The zero-order chi connectivity index (χ0) is 21.6. The van der Waals surface area contributed by atoms with Crippen molar-refractivity contribution in [3.63, 3.8) is 0 Å². The number of piperidine rings is 1. The van der Waals surface area contributed by atoms with Crippen LogP contribution in [-0.4, -0.2) is 46.3 Å². The quantitative estimate of drug-likeness (QED) is 0.536. The molecule has 0 aliphatic carbocycles. The number of nitrogens with one attached hydrogen (secondary N) is 1. The number of ketones is 1. The summed E-state index contributed by atoms with van der Waals surface area (Å²) in [6.07, 6.45) is 3.35. The fourth-order valence-corrected chi connectivity index (χ4v) is 4.07. The average Bonchev–Trinajstić information content (AvgIpc) is 3.26. The van der Waals surface area contributed by atoms with E-state index in [0.29, 0.717) is 18.7 Å². The van der Waals surface area contributed by atoms with E-state index in [0.717, 1.165) is 48.4 Å². The monoisotopic (exact) mass is 419 g/mol. The van der Waals surface area contributed by atoms with Crippen LogP contribution < -0.4 is 4.74 Å². The van der Waals surface area contributed by atoms with Gasteiger partial charge in [-0.1, -0.05) is 19.1 Å². The number of rotatable bonds is 8. The Labute approximate surface area is 182 Å². The lowest BCUT2D eigenvalue weighted by atomic mass is 9.96. The van der Waals surface area contributed by atoms with Crippen LogP contribution in [0.4, 0.5) is 0 Å². The third-order valence-electron chi connectivity index (χ3n) is 5.78. The lowest BCUT2D eigenvalue weighted by Gasteiger charge is -2.32. The molecule has 6 nitrogen and oxygen atoms in total. The molecule has 2 aromatic carbocycles. The summed E-state index contributed by atoms with van der Waals surface area (Å²) in [5.74, 6) is 1.94. The molecule has 0 bridgehead atoms. The van der Waals surface area contributed by atoms with Crippen molar-refractivity contribution in [2.45, 2.75) is 44.9 Å². The number of carbonyl (C=O) groups excluding carboxylic acids is 2. The van der Waals surface area contributed by atoms with Gasteiger partial charge in [0.1, 0.15) is 11.6 Å². The van der Waals surface area contributed by atoms with Gasteiger partial charge in [-0.15, -0.1) is 0 Å². The predicted octanol–water partition coefficient (Wildman–Crippen LogP) is 4.72. The summed E-state index contributed by atoms with van der Waals surface area (Å²) >= 11 is 0. The van der Waals surface area contributed by atoms with E-state index in [2.05, 4.69) is 11.9 Å². The Kier molecular flexibility index (Phi) is 6.65. The number of fused-ring (bicyclic) bond motifs is 1. The van der Waals surface area contributed by atoms with E-state index in [1.165, 1.54) is 0 Å². The minimum atomic E-state index is -0.0127. The topological polar surface area (TPSA) is 75.3 Å². The van der Waals surface area contributed by atoms with Gasteiger partial charge in [-0.2, -0.15) is 0 Å². The summed E-state index contributed by atoms with van der Waals surface area (Å²) in [5, 5.41) is 0. The van der Waals surface area contributed by atoms with Crippen LogP contribution in [0.2, 0.25) is 0 Å². The van der Waals surface area contributed by atoms with Crippen LogP contribution in [0.15, 0.2) is 48.5 Å². The number of aromatic nitrogens is 2. The third kappa shape index (κ3) is 5.13. The molecule has 1 fully saturated rings. The number of Topliss-reactive ketones (excluding diaryl/α,β-unsaturated/α-hetero) is 1. The van der Waals surface area contributed by atoms with Crippen molar-refractivity contribution in [1.82, 2.24) is 14.9 Å². The molecule has 0 saturated carbocycles. The maximum absolute atomic E-state index is 12.8. The fourth-order valence-electron chi connectivity index (χ4n) is 4.07. The first-order valence-corrected chi connectivity index (χ1v) is 11.1. The van der Waals surface area contributed by atoms with Crippen molar-refractivity contribution < 1.29 is 14.3 Å². The second-order valence-electron chi connectivity index (χ2n) is 8.11. The summed E-state index contributed by atoms with van der Waals surface area (Å²) in [7, 11) is 0. The van der Waals surface area contributed by atoms with Gasteiger partial charge >= 0.3 is 0 Å². The number of nitrogens with zero attached hydrogens (tertiary/aromatic N) is 2. The van der Waals surface area contributed by atoms with E-state index in [1.807, 2.05) is 41.3 Å². The fraction of sp³-hybridized carbons (Fsp3) is 0.400. The number of ether oxygens (including phenoxy) is 1. The largest absolute Gasteiger partial charge is 0.494 e. The van der Waals surface area contributed by atoms with Crippen molar-refractivity contribution in [3.8, 4) is 5.75 Å². The molecule has 2 heterocycles. The zero-order valence-electron chi connectivity index (χ0n) is 18.0. The van der Waals surface area contributed by atoms with E-state index >= 15 is 0 Å². The smallest absolute Gasteiger partial charge is 0.223 e. The molecule has 0 spiro atoms. The number of aromatic amines is 1. The number of hydrogen-bond acceptors (Lipinski definition) is 4. The summed E-state index contributed by atoms with van der Waals surface area (Å²) in [6.45, 7) is 4.10. The number of imidazole rings is 1. The molecule has 1 unspecified atom stereocenters. The van der Waals surface area contributed by atoms with Crippen molar-refractivity contribution in [3.05, 3.63) is 59.9 Å². The number of amides is 1. The van der Waals surface area contributed by atoms with Gasteiger partial charge in [-0.3, -0.25) is 9.59 Å². The first-order chi connectivity index (χ1) is 15.1. The summed E-state index contributed by atoms with van der Waals surface area (Å²) < 4.78 is 5.55. The SMILES string of the molecule is CCCOc1ccc(C(=O)CCC(=O)N2CCCC(c3nc4ccccc4[nH]3)C2)cc1. The minimum Gasteiger partial charge on any atom is -0.494 e. The van der Waals surface area contributed by atoms with Gasteiger partial charge in [-0.05, 0) is 55.7 Å². The molecule has 1 amide bonds. The van der Waals surface area contributed by atoms with E-state index in [-0.39, 0.29) is 30.4 Å². The van der Waals surface area contributed by atoms with Crippen molar-refractivity contribution >= 4 is 22.7 Å². The van der Waals surface area contributed by atoms with E-state index < -0.39 is 0 Å². The van der Waals surface area contributed by atoms with Crippen LogP contribution in [-0.2, 0) is 4.79 Å². The highest BCUT2D eigenvalue weighted by molar-refractivity contribution is 5.98.